The van der Waals surface area contributed by atoms with Gasteiger partial charge in [-0.15, -0.1) is 0 Å². The molecule has 1 heterocycles. The van der Waals surface area contributed by atoms with Gasteiger partial charge in [0.2, 0.25) is 17.5 Å². The van der Waals surface area contributed by atoms with E-state index in [0.29, 0.717) is 0 Å². The summed E-state index contributed by atoms with van der Waals surface area (Å²) in [6.07, 6.45) is 1.67. The lowest BCUT2D eigenvalue weighted by atomic mass is 9.92. The van der Waals surface area contributed by atoms with Crippen LogP contribution >= 0.6 is 0 Å². The Bertz CT molecular complexity index is 882. The van der Waals surface area contributed by atoms with Gasteiger partial charge in [0, 0.05) is 6.04 Å². The Morgan fingerprint density at radius 3 is 2.65 bits per heavy atom. The SMILES string of the molecule is [C-]#[N+]c1ccc2nc(NC(=O)CC(O)(CF)CF)n(C3CCC3)c2c1F. The highest BCUT2D eigenvalue weighted by molar-refractivity contribution is 5.93. The number of benzene rings is 1. The van der Waals surface area contributed by atoms with E-state index in [9.17, 15) is 23.1 Å². The summed E-state index contributed by atoms with van der Waals surface area (Å²) in [7, 11) is 0. The van der Waals surface area contributed by atoms with Crippen LogP contribution in [0.25, 0.3) is 15.9 Å². The fourth-order valence-electron chi connectivity index (χ4n) is 2.91. The Kier molecular flexibility index (Phi) is 4.87. The molecule has 1 saturated carbocycles. The summed E-state index contributed by atoms with van der Waals surface area (Å²) >= 11 is 0. The summed E-state index contributed by atoms with van der Waals surface area (Å²) in [5.74, 6) is -1.51. The highest BCUT2D eigenvalue weighted by Gasteiger charge is 2.32. The van der Waals surface area contributed by atoms with Gasteiger partial charge in [0.25, 0.3) is 0 Å². The minimum atomic E-state index is -2.39. The number of halogens is 3. The van der Waals surface area contributed by atoms with Gasteiger partial charge in [0.1, 0.15) is 19.0 Å². The number of anilines is 1. The Balaban J connectivity index is 1.99. The van der Waals surface area contributed by atoms with Crippen molar-refractivity contribution in [1.82, 2.24) is 9.55 Å². The second-order valence-electron chi connectivity index (χ2n) is 6.48. The van der Waals surface area contributed by atoms with Crippen molar-refractivity contribution in [3.05, 3.63) is 29.4 Å². The molecule has 3 rings (SSSR count). The van der Waals surface area contributed by atoms with E-state index in [-0.39, 0.29) is 28.7 Å². The number of imidazole rings is 1. The van der Waals surface area contributed by atoms with E-state index >= 15 is 0 Å². The number of aliphatic hydroxyl groups is 1. The highest BCUT2D eigenvalue weighted by Crippen LogP contribution is 2.39. The number of rotatable bonds is 6. The van der Waals surface area contributed by atoms with Gasteiger partial charge in [-0.3, -0.25) is 10.1 Å². The third-order valence-corrected chi connectivity index (χ3v) is 4.57. The molecule has 0 unspecified atom stereocenters. The normalized spacial score (nSPS) is 14.9. The van der Waals surface area contributed by atoms with Gasteiger partial charge in [-0.25, -0.2) is 23.0 Å². The van der Waals surface area contributed by atoms with Crippen LogP contribution in [0.3, 0.4) is 0 Å². The van der Waals surface area contributed by atoms with Gasteiger partial charge in [-0.2, -0.15) is 0 Å². The fraction of sp³-hybridized carbons (Fsp3) is 0.471. The maximum atomic E-state index is 14.7. The highest BCUT2D eigenvalue weighted by atomic mass is 19.1. The number of hydrogen-bond acceptors (Lipinski definition) is 3. The minimum Gasteiger partial charge on any atom is -0.384 e. The third kappa shape index (κ3) is 3.12. The Morgan fingerprint density at radius 2 is 2.12 bits per heavy atom. The second-order valence-corrected chi connectivity index (χ2v) is 6.48. The van der Waals surface area contributed by atoms with E-state index in [2.05, 4.69) is 15.1 Å². The van der Waals surface area contributed by atoms with Crippen LogP contribution in [0, 0.1) is 12.4 Å². The zero-order valence-corrected chi connectivity index (χ0v) is 13.8. The molecule has 1 aromatic heterocycles. The first-order chi connectivity index (χ1) is 12.4. The standard InChI is InChI=1S/C17H17F3N4O2/c1-21-11-5-6-12-15(14(11)20)24(10-3-2-4-10)16(22-12)23-13(25)7-17(26,8-18)9-19/h5-6,10,26H,2-4,7-9H2,(H,22,23,25). The number of carbonyl (C=O) groups is 1. The largest absolute Gasteiger partial charge is 0.384 e. The van der Waals surface area contributed by atoms with Crippen LogP contribution in [0.4, 0.5) is 24.8 Å². The summed E-state index contributed by atoms with van der Waals surface area (Å²) in [6, 6.07) is 2.70. The van der Waals surface area contributed by atoms with Crippen LogP contribution in [0.15, 0.2) is 12.1 Å². The van der Waals surface area contributed by atoms with Crippen molar-refractivity contribution in [2.45, 2.75) is 37.3 Å². The number of aromatic nitrogens is 2. The van der Waals surface area contributed by atoms with Crippen molar-refractivity contribution in [3.63, 3.8) is 0 Å². The average molecular weight is 366 g/mol. The molecule has 1 amide bonds. The lowest BCUT2D eigenvalue weighted by molar-refractivity contribution is -0.122. The van der Waals surface area contributed by atoms with Crippen LogP contribution in [0.5, 0.6) is 0 Å². The van der Waals surface area contributed by atoms with Gasteiger partial charge >= 0.3 is 0 Å². The second kappa shape index (κ2) is 6.96. The van der Waals surface area contributed by atoms with Crippen molar-refractivity contribution < 1.29 is 23.1 Å². The first-order valence-electron chi connectivity index (χ1n) is 8.14. The van der Waals surface area contributed by atoms with Crippen LogP contribution in [-0.4, -0.2) is 39.5 Å². The molecule has 1 aliphatic carbocycles. The molecule has 0 saturated heterocycles. The molecule has 1 aromatic carbocycles. The van der Waals surface area contributed by atoms with Crippen LogP contribution in [-0.2, 0) is 4.79 Å². The molecule has 1 aliphatic rings. The maximum absolute atomic E-state index is 14.7. The topological polar surface area (TPSA) is 71.5 Å². The molecule has 0 radical (unpaired) electrons. The predicted molar refractivity (Wildman–Crippen MR) is 89.0 cm³/mol. The van der Waals surface area contributed by atoms with E-state index in [1.165, 1.54) is 16.7 Å². The summed E-state index contributed by atoms with van der Waals surface area (Å²) in [5.41, 5.74) is -2.16. The third-order valence-electron chi connectivity index (χ3n) is 4.57. The molecule has 0 spiro atoms. The van der Waals surface area contributed by atoms with Gasteiger partial charge < -0.3 is 9.67 Å². The monoisotopic (exact) mass is 366 g/mol. The first kappa shape index (κ1) is 18.2. The van der Waals surface area contributed by atoms with Crippen LogP contribution in [0.2, 0.25) is 0 Å². The zero-order valence-electron chi connectivity index (χ0n) is 13.8. The Hall–Kier alpha value is -2.60. The first-order valence-corrected chi connectivity index (χ1v) is 8.14. The van der Waals surface area contributed by atoms with Gasteiger partial charge in [0.15, 0.2) is 5.82 Å². The van der Waals surface area contributed by atoms with Crippen molar-refractivity contribution in [2.75, 3.05) is 18.7 Å². The zero-order chi connectivity index (χ0) is 18.9. The minimum absolute atomic E-state index is 0.0378. The molecule has 26 heavy (non-hydrogen) atoms. The molecule has 0 bridgehead atoms. The molecule has 0 aliphatic heterocycles. The van der Waals surface area contributed by atoms with E-state index in [0.717, 1.165) is 19.3 Å². The molecular weight excluding hydrogens is 349 g/mol. The smallest absolute Gasteiger partial charge is 0.229 e. The van der Waals surface area contributed by atoms with E-state index in [1.54, 1.807) is 0 Å². The molecule has 1 fully saturated rings. The predicted octanol–water partition coefficient (Wildman–Crippen LogP) is 3.45. The van der Waals surface area contributed by atoms with Crippen LogP contribution < -0.4 is 5.32 Å². The van der Waals surface area contributed by atoms with Crippen molar-refractivity contribution in [1.29, 1.82) is 0 Å². The number of amides is 1. The summed E-state index contributed by atoms with van der Waals surface area (Å²) in [4.78, 5) is 19.4. The summed E-state index contributed by atoms with van der Waals surface area (Å²) in [5, 5.41) is 12.0. The number of nitrogens with zero attached hydrogens (tertiary/aromatic N) is 3. The molecule has 6 nitrogen and oxygen atoms in total. The molecule has 9 heteroatoms. The molecular formula is C17H17F3N4O2. The van der Waals surface area contributed by atoms with Crippen molar-refractivity contribution in [3.8, 4) is 0 Å². The number of nitrogens with one attached hydrogen (secondary N) is 1. The van der Waals surface area contributed by atoms with Crippen LogP contribution in [0.1, 0.15) is 31.7 Å². The van der Waals surface area contributed by atoms with E-state index in [1.807, 2.05) is 0 Å². The summed E-state index contributed by atoms with van der Waals surface area (Å²) < 4.78 is 41.7. The van der Waals surface area contributed by atoms with E-state index in [4.69, 9.17) is 6.57 Å². The summed E-state index contributed by atoms with van der Waals surface area (Å²) in [6.45, 7) is 4.24. The fourth-order valence-corrected chi connectivity index (χ4v) is 2.91. The maximum Gasteiger partial charge on any atom is 0.229 e. The molecule has 2 N–H and O–H groups in total. The Labute approximate surface area is 147 Å². The van der Waals surface area contributed by atoms with Gasteiger partial charge in [-0.1, -0.05) is 6.07 Å². The lowest BCUT2D eigenvalue weighted by Crippen LogP contribution is -2.38. The van der Waals surface area contributed by atoms with Gasteiger partial charge in [-0.05, 0) is 25.3 Å². The van der Waals surface area contributed by atoms with Crippen molar-refractivity contribution >= 4 is 28.6 Å². The lowest BCUT2D eigenvalue weighted by Gasteiger charge is -2.29. The number of hydrogen-bond donors (Lipinski definition) is 2. The molecule has 2 aromatic rings. The number of fused-ring (bicyclic) bond motifs is 1. The van der Waals surface area contributed by atoms with Gasteiger partial charge in [0.05, 0.1) is 24.0 Å². The number of carbonyl (C=O) groups excluding carboxylic acids is 1. The quantitative estimate of drug-likeness (QED) is 0.770. The number of alkyl halides is 2. The average Bonchev–Trinajstić information content (AvgIpc) is 2.92. The molecule has 0 atom stereocenters. The van der Waals surface area contributed by atoms with E-state index < -0.39 is 37.1 Å². The van der Waals surface area contributed by atoms with Crippen molar-refractivity contribution in [2.24, 2.45) is 0 Å². The molecule has 138 valence electrons. The Morgan fingerprint density at radius 1 is 1.42 bits per heavy atom.